The van der Waals surface area contributed by atoms with E-state index in [4.69, 9.17) is 4.74 Å². The summed E-state index contributed by atoms with van der Waals surface area (Å²) in [5, 5.41) is 10.8. The molecule has 3 saturated carbocycles. The van der Waals surface area contributed by atoms with Crippen LogP contribution in [0.5, 0.6) is 0 Å². The van der Waals surface area contributed by atoms with Crippen LogP contribution in [0.3, 0.4) is 0 Å². The molecule has 0 bridgehead atoms. The fourth-order valence-corrected chi connectivity index (χ4v) is 5.47. The maximum Gasteiger partial charge on any atom is 0.0651 e. The summed E-state index contributed by atoms with van der Waals surface area (Å²) in [7, 11) is 1.84. The van der Waals surface area contributed by atoms with E-state index in [0.29, 0.717) is 17.4 Å². The van der Waals surface area contributed by atoms with Crippen LogP contribution in [-0.2, 0) is 4.74 Å². The van der Waals surface area contributed by atoms with Crippen molar-refractivity contribution < 1.29 is 9.84 Å². The summed E-state index contributed by atoms with van der Waals surface area (Å²) in [5.74, 6) is 1.99. The molecule has 0 aliphatic heterocycles. The third kappa shape index (κ3) is 1.84. The molecule has 0 radical (unpaired) electrons. The Bertz CT molecular complexity index is 325. The summed E-state index contributed by atoms with van der Waals surface area (Å²) in [4.78, 5) is 0. The topological polar surface area (TPSA) is 29.5 Å². The summed E-state index contributed by atoms with van der Waals surface area (Å²) in [5.41, 5.74) is 0.0332. The highest BCUT2D eigenvalue weighted by atomic mass is 16.5. The van der Waals surface area contributed by atoms with Gasteiger partial charge in [-0.1, -0.05) is 19.8 Å². The van der Waals surface area contributed by atoms with Gasteiger partial charge in [-0.05, 0) is 62.2 Å². The van der Waals surface area contributed by atoms with Crippen LogP contribution in [-0.4, -0.2) is 23.9 Å². The number of rotatable bonds is 1. The zero-order valence-corrected chi connectivity index (χ0v) is 12.1. The fraction of sp³-hybridized carbons (Fsp3) is 1.00. The maximum absolute atomic E-state index is 10.8. The van der Waals surface area contributed by atoms with Crippen LogP contribution >= 0.6 is 0 Å². The van der Waals surface area contributed by atoms with E-state index < -0.39 is 5.60 Å². The van der Waals surface area contributed by atoms with Gasteiger partial charge in [0.25, 0.3) is 0 Å². The standard InChI is InChI=1S/C16H28O2/c1-15-6-4-5-11-9-12(18-3)10-13(14(11)15)16(2,17)8-7-15/h11-14,17H,4-10H2,1-3H3. The molecule has 0 aromatic heterocycles. The van der Waals surface area contributed by atoms with Crippen molar-refractivity contribution in [1.82, 2.24) is 0 Å². The van der Waals surface area contributed by atoms with Gasteiger partial charge in [-0.25, -0.2) is 0 Å². The summed E-state index contributed by atoms with van der Waals surface area (Å²) in [6, 6.07) is 0. The van der Waals surface area contributed by atoms with Gasteiger partial charge < -0.3 is 9.84 Å². The van der Waals surface area contributed by atoms with Crippen molar-refractivity contribution in [2.24, 2.45) is 23.2 Å². The Kier molecular flexibility index (Phi) is 3.02. The summed E-state index contributed by atoms with van der Waals surface area (Å²) in [6.07, 6.45) is 8.98. The maximum atomic E-state index is 10.8. The molecule has 2 heteroatoms. The highest BCUT2D eigenvalue weighted by molar-refractivity contribution is 5.07. The van der Waals surface area contributed by atoms with Gasteiger partial charge in [0.2, 0.25) is 0 Å². The molecule has 3 fully saturated rings. The molecule has 6 atom stereocenters. The Labute approximate surface area is 111 Å². The van der Waals surface area contributed by atoms with Crippen molar-refractivity contribution in [3.8, 4) is 0 Å². The van der Waals surface area contributed by atoms with E-state index >= 15 is 0 Å². The van der Waals surface area contributed by atoms with E-state index in [1.807, 2.05) is 7.11 Å². The monoisotopic (exact) mass is 252 g/mol. The molecule has 1 N–H and O–H groups in total. The SMILES string of the molecule is COC1CC2CCCC3(C)CCC(C)(O)C(C1)C23. The lowest BCUT2D eigenvalue weighted by atomic mass is 9.46. The fourth-order valence-electron chi connectivity index (χ4n) is 5.47. The molecule has 3 aliphatic rings. The normalized spacial score (nSPS) is 56.0. The molecule has 18 heavy (non-hydrogen) atoms. The van der Waals surface area contributed by atoms with Gasteiger partial charge in [-0.2, -0.15) is 0 Å². The number of hydrogen-bond acceptors (Lipinski definition) is 2. The minimum Gasteiger partial charge on any atom is -0.390 e. The van der Waals surface area contributed by atoms with E-state index in [9.17, 15) is 5.11 Å². The van der Waals surface area contributed by atoms with Crippen LogP contribution in [0.15, 0.2) is 0 Å². The Hall–Kier alpha value is -0.0800. The first-order valence-electron chi connectivity index (χ1n) is 7.71. The molecule has 0 spiro atoms. The molecule has 2 nitrogen and oxygen atoms in total. The highest BCUT2D eigenvalue weighted by Crippen LogP contribution is 2.61. The summed E-state index contributed by atoms with van der Waals surface area (Å²) >= 11 is 0. The number of methoxy groups -OCH3 is 1. The number of aliphatic hydroxyl groups is 1. The molecular formula is C16H28O2. The predicted octanol–water partition coefficient (Wildman–Crippen LogP) is 3.38. The summed E-state index contributed by atoms with van der Waals surface area (Å²) in [6.45, 7) is 4.56. The third-order valence-corrected chi connectivity index (χ3v) is 6.49. The molecule has 0 aromatic carbocycles. The largest absolute Gasteiger partial charge is 0.390 e. The average Bonchev–Trinajstić information content (AvgIpc) is 2.34. The smallest absolute Gasteiger partial charge is 0.0651 e. The van der Waals surface area contributed by atoms with Crippen molar-refractivity contribution >= 4 is 0 Å². The van der Waals surface area contributed by atoms with Gasteiger partial charge in [-0.3, -0.25) is 0 Å². The van der Waals surface area contributed by atoms with Crippen LogP contribution < -0.4 is 0 Å². The molecule has 0 amide bonds. The number of ether oxygens (including phenoxy) is 1. The van der Waals surface area contributed by atoms with Crippen LogP contribution in [0.25, 0.3) is 0 Å². The van der Waals surface area contributed by atoms with E-state index in [2.05, 4.69) is 13.8 Å². The predicted molar refractivity (Wildman–Crippen MR) is 72.3 cm³/mol. The van der Waals surface area contributed by atoms with Crippen LogP contribution in [0.2, 0.25) is 0 Å². The zero-order chi connectivity index (χ0) is 13.0. The minimum absolute atomic E-state index is 0.378. The van der Waals surface area contributed by atoms with Crippen molar-refractivity contribution in [1.29, 1.82) is 0 Å². The van der Waals surface area contributed by atoms with Crippen molar-refractivity contribution in [3.05, 3.63) is 0 Å². The highest BCUT2D eigenvalue weighted by Gasteiger charge is 2.57. The van der Waals surface area contributed by atoms with Gasteiger partial charge >= 0.3 is 0 Å². The first kappa shape index (κ1) is 12.9. The summed E-state index contributed by atoms with van der Waals surface area (Å²) < 4.78 is 5.65. The van der Waals surface area contributed by atoms with Crippen molar-refractivity contribution in [2.45, 2.75) is 70.5 Å². The molecule has 0 aromatic rings. The van der Waals surface area contributed by atoms with Gasteiger partial charge in [0.1, 0.15) is 0 Å². The van der Waals surface area contributed by atoms with Crippen LogP contribution in [0.4, 0.5) is 0 Å². The van der Waals surface area contributed by atoms with Gasteiger partial charge in [0, 0.05) is 7.11 Å². The Morgan fingerprint density at radius 1 is 1.11 bits per heavy atom. The molecule has 6 unspecified atom stereocenters. The second-order valence-corrected chi connectivity index (χ2v) is 7.62. The Morgan fingerprint density at radius 2 is 1.89 bits per heavy atom. The molecular weight excluding hydrogens is 224 g/mol. The molecule has 3 aliphatic carbocycles. The third-order valence-electron chi connectivity index (χ3n) is 6.49. The van der Waals surface area contributed by atoms with Gasteiger partial charge in [0.15, 0.2) is 0 Å². The van der Waals surface area contributed by atoms with Gasteiger partial charge in [-0.15, -0.1) is 0 Å². The lowest BCUT2D eigenvalue weighted by Gasteiger charge is -2.60. The van der Waals surface area contributed by atoms with Gasteiger partial charge in [0.05, 0.1) is 11.7 Å². The molecule has 0 heterocycles. The zero-order valence-electron chi connectivity index (χ0n) is 12.1. The first-order valence-corrected chi connectivity index (χ1v) is 7.71. The van der Waals surface area contributed by atoms with E-state index in [0.717, 1.165) is 24.7 Å². The van der Waals surface area contributed by atoms with Crippen molar-refractivity contribution in [3.63, 3.8) is 0 Å². The second-order valence-electron chi connectivity index (χ2n) is 7.62. The minimum atomic E-state index is -0.461. The van der Waals surface area contributed by atoms with E-state index in [1.165, 1.54) is 32.1 Å². The average molecular weight is 252 g/mol. The quantitative estimate of drug-likeness (QED) is 0.775. The number of hydrogen-bond donors (Lipinski definition) is 1. The van der Waals surface area contributed by atoms with E-state index in [1.54, 1.807) is 0 Å². The molecule has 3 rings (SSSR count). The van der Waals surface area contributed by atoms with Crippen LogP contribution in [0.1, 0.15) is 58.8 Å². The molecule has 104 valence electrons. The van der Waals surface area contributed by atoms with Crippen LogP contribution in [0, 0.1) is 23.2 Å². The lowest BCUT2D eigenvalue weighted by Crippen LogP contribution is -2.58. The van der Waals surface area contributed by atoms with E-state index in [-0.39, 0.29) is 0 Å². The Morgan fingerprint density at radius 3 is 2.61 bits per heavy atom. The second kappa shape index (κ2) is 4.21. The molecule has 0 saturated heterocycles. The first-order chi connectivity index (χ1) is 8.46. The lowest BCUT2D eigenvalue weighted by molar-refractivity contribution is -0.179. The van der Waals surface area contributed by atoms with Crippen molar-refractivity contribution in [2.75, 3.05) is 7.11 Å². The Balaban J connectivity index is 1.93.